The van der Waals surface area contributed by atoms with Crippen LogP contribution in [0.15, 0.2) is 41.4 Å². The van der Waals surface area contributed by atoms with Gasteiger partial charge >= 0.3 is 0 Å². The molecule has 0 saturated carbocycles. The van der Waals surface area contributed by atoms with Gasteiger partial charge in [0.15, 0.2) is 5.96 Å². The zero-order valence-corrected chi connectivity index (χ0v) is 22.3. The van der Waals surface area contributed by atoms with E-state index in [0.29, 0.717) is 18.8 Å². The van der Waals surface area contributed by atoms with Crippen LogP contribution >= 0.6 is 24.0 Å². The van der Waals surface area contributed by atoms with E-state index in [9.17, 15) is 0 Å². The van der Waals surface area contributed by atoms with E-state index >= 15 is 0 Å². The summed E-state index contributed by atoms with van der Waals surface area (Å²) in [5.74, 6) is 1.88. The van der Waals surface area contributed by atoms with Crippen LogP contribution in [0.4, 0.5) is 0 Å². The number of nitrogens with zero attached hydrogens (tertiary/aromatic N) is 2. The number of ether oxygens (including phenoxy) is 3. The largest absolute Gasteiger partial charge is 0.497 e. The van der Waals surface area contributed by atoms with Crippen LogP contribution < -0.4 is 10.1 Å². The Hall–Kier alpha value is -1.58. The second-order valence-corrected chi connectivity index (χ2v) is 8.73. The highest BCUT2D eigenvalue weighted by Crippen LogP contribution is 2.22. The van der Waals surface area contributed by atoms with Crippen molar-refractivity contribution in [3.63, 3.8) is 0 Å². The molecule has 182 valence electrons. The van der Waals surface area contributed by atoms with E-state index in [0.717, 1.165) is 63.8 Å². The molecule has 2 aromatic rings. The van der Waals surface area contributed by atoms with Gasteiger partial charge in [0.1, 0.15) is 5.75 Å². The summed E-state index contributed by atoms with van der Waals surface area (Å²) in [6, 6.07) is 12.7. The van der Waals surface area contributed by atoms with Crippen molar-refractivity contribution in [1.29, 1.82) is 0 Å². The Balaban J connectivity index is 0.00000306. The van der Waals surface area contributed by atoms with Gasteiger partial charge in [0.2, 0.25) is 0 Å². The predicted octanol–water partition coefficient (Wildman–Crippen LogP) is 4.98. The van der Waals surface area contributed by atoms with Crippen molar-refractivity contribution in [1.82, 2.24) is 10.2 Å². The fraction of sp³-hybridized carbons (Fsp3) is 0.577. The summed E-state index contributed by atoms with van der Waals surface area (Å²) < 4.78 is 17.3. The molecule has 1 unspecified atom stereocenters. The first kappa shape index (κ1) is 26.0. The molecule has 0 bridgehead atoms. The van der Waals surface area contributed by atoms with Gasteiger partial charge in [-0.2, -0.15) is 0 Å². The van der Waals surface area contributed by atoms with Gasteiger partial charge in [-0.15, -0.1) is 24.0 Å². The molecule has 2 saturated heterocycles. The molecule has 1 N–H and O–H groups in total. The zero-order valence-electron chi connectivity index (χ0n) is 19.9. The number of piperidine rings is 1. The van der Waals surface area contributed by atoms with Gasteiger partial charge in [-0.25, -0.2) is 4.99 Å². The Morgan fingerprint density at radius 1 is 1.09 bits per heavy atom. The van der Waals surface area contributed by atoms with E-state index in [4.69, 9.17) is 19.2 Å². The molecule has 0 aromatic heterocycles. The summed E-state index contributed by atoms with van der Waals surface area (Å²) in [7, 11) is 1.70. The number of fused-ring (bicyclic) bond motifs is 1. The molecule has 7 heteroatoms. The van der Waals surface area contributed by atoms with Crippen molar-refractivity contribution in [3.05, 3.63) is 42.0 Å². The number of nitrogens with one attached hydrogen (secondary N) is 1. The number of halogens is 1. The fourth-order valence-corrected chi connectivity index (χ4v) is 4.51. The number of benzene rings is 2. The van der Waals surface area contributed by atoms with Gasteiger partial charge in [0.25, 0.3) is 0 Å². The lowest BCUT2D eigenvalue weighted by molar-refractivity contribution is -0.0721. The second kappa shape index (κ2) is 13.3. The van der Waals surface area contributed by atoms with E-state index in [1.807, 2.05) is 6.07 Å². The monoisotopic (exact) mass is 567 g/mol. The lowest BCUT2D eigenvalue weighted by atomic mass is 10.1. The average Bonchev–Trinajstić information content (AvgIpc) is 2.86. The normalized spacial score (nSPS) is 19.9. The van der Waals surface area contributed by atoms with Crippen LogP contribution in [0.5, 0.6) is 5.75 Å². The van der Waals surface area contributed by atoms with Crippen LogP contribution in [0.3, 0.4) is 0 Å². The fourth-order valence-electron chi connectivity index (χ4n) is 4.51. The Morgan fingerprint density at radius 3 is 2.61 bits per heavy atom. The lowest BCUT2D eigenvalue weighted by Gasteiger charge is -2.35. The van der Waals surface area contributed by atoms with Crippen LogP contribution in [0.2, 0.25) is 0 Å². The molecule has 4 rings (SSSR count). The number of rotatable bonds is 7. The van der Waals surface area contributed by atoms with Gasteiger partial charge in [0.05, 0.1) is 32.5 Å². The SMILES string of the molecule is CCNC(=NCc1ccc2cc(OC)ccc2c1)N1CCC(OCC2CCCCO2)CC1.I. The van der Waals surface area contributed by atoms with E-state index in [-0.39, 0.29) is 24.0 Å². The highest BCUT2D eigenvalue weighted by Gasteiger charge is 2.23. The Labute approximate surface area is 215 Å². The molecule has 2 aromatic carbocycles. The minimum Gasteiger partial charge on any atom is -0.497 e. The summed E-state index contributed by atoms with van der Waals surface area (Å²) in [5.41, 5.74) is 1.21. The van der Waals surface area contributed by atoms with Gasteiger partial charge in [0, 0.05) is 26.2 Å². The molecule has 33 heavy (non-hydrogen) atoms. The molecular weight excluding hydrogens is 529 g/mol. The maximum absolute atomic E-state index is 6.18. The van der Waals surface area contributed by atoms with E-state index < -0.39 is 0 Å². The van der Waals surface area contributed by atoms with Crippen molar-refractivity contribution < 1.29 is 14.2 Å². The van der Waals surface area contributed by atoms with Crippen molar-refractivity contribution in [3.8, 4) is 5.75 Å². The van der Waals surface area contributed by atoms with Crippen molar-refractivity contribution in [2.75, 3.05) is 40.0 Å². The summed E-state index contributed by atoms with van der Waals surface area (Å²) in [6.07, 6.45) is 6.29. The molecule has 0 amide bonds. The van der Waals surface area contributed by atoms with Gasteiger partial charge in [-0.1, -0.05) is 18.2 Å². The van der Waals surface area contributed by atoms with Crippen molar-refractivity contribution >= 4 is 40.7 Å². The van der Waals surface area contributed by atoms with Crippen LogP contribution in [-0.4, -0.2) is 63.0 Å². The first-order valence-electron chi connectivity index (χ1n) is 12.1. The minimum atomic E-state index is 0. The maximum atomic E-state index is 6.18. The van der Waals surface area contributed by atoms with Gasteiger partial charge < -0.3 is 24.4 Å². The average molecular weight is 568 g/mol. The first-order chi connectivity index (χ1) is 15.7. The highest BCUT2D eigenvalue weighted by atomic mass is 127. The van der Waals surface area contributed by atoms with E-state index in [1.54, 1.807) is 7.11 Å². The Morgan fingerprint density at radius 2 is 1.88 bits per heavy atom. The molecule has 1 atom stereocenters. The number of hydrogen-bond donors (Lipinski definition) is 1. The maximum Gasteiger partial charge on any atom is 0.194 e. The molecule has 0 radical (unpaired) electrons. The molecule has 0 spiro atoms. The summed E-state index contributed by atoms with van der Waals surface area (Å²) in [4.78, 5) is 7.31. The quantitative estimate of drug-likeness (QED) is 0.291. The third-order valence-corrected chi connectivity index (χ3v) is 6.39. The summed E-state index contributed by atoms with van der Waals surface area (Å²) in [6.45, 7) is 7.23. The van der Waals surface area contributed by atoms with Gasteiger partial charge in [-0.3, -0.25) is 0 Å². The lowest BCUT2D eigenvalue weighted by Crippen LogP contribution is -2.47. The number of guanidine groups is 1. The van der Waals surface area contributed by atoms with E-state index in [1.165, 1.54) is 29.2 Å². The summed E-state index contributed by atoms with van der Waals surface area (Å²) >= 11 is 0. The molecular formula is C26H38IN3O3. The third-order valence-electron chi connectivity index (χ3n) is 6.39. The topological polar surface area (TPSA) is 55.3 Å². The number of likely N-dealkylation sites (tertiary alicyclic amines) is 1. The standard InChI is InChI=1S/C26H37N3O3.HI/c1-3-27-26(28-18-20-7-8-22-17-24(30-2)10-9-21(22)16-20)29-13-11-23(12-14-29)32-19-25-6-4-5-15-31-25;/h7-10,16-17,23,25H,3-6,11-15,18-19H2,1-2H3,(H,27,28);1H. The van der Waals surface area contributed by atoms with Crippen LogP contribution in [0.1, 0.15) is 44.6 Å². The molecule has 2 fully saturated rings. The first-order valence-corrected chi connectivity index (χ1v) is 12.1. The van der Waals surface area contributed by atoms with Gasteiger partial charge in [-0.05, 0) is 73.6 Å². The van der Waals surface area contributed by atoms with Crippen LogP contribution in [0, 0.1) is 0 Å². The number of hydrogen-bond acceptors (Lipinski definition) is 4. The van der Waals surface area contributed by atoms with Crippen molar-refractivity contribution in [2.24, 2.45) is 4.99 Å². The van der Waals surface area contributed by atoms with Crippen LogP contribution in [-0.2, 0) is 16.0 Å². The smallest absolute Gasteiger partial charge is 0.194 e. The number of aliphatic imine (C=N–C) groups is 1. The zero-order chi connectivity index (χ0) is 22.2. The van der Waals surface area contributed by atoms with Crippen molar-refractivity contribution in [2.45, 2.75) is 57.8 Å². The molecule has 0 aliphatic carbocycles. The third kappa shape index (κ3) is 7.45. The Kier molecular flexibility index (Phi) is 10.5. The Bertz CT molecular complexity index is 893. The highest BCUT2D eigenvalue weighted by molar-refractivity contribution is 14.0. The van der Waals surface area contributed by atoms with Crippen LogP contribution in [0.25, 0.3) is 10.8 Å². The molecule has 2 aliphatic heterocycles. The number of methoxy groups -OCH3 is 1. The molecule has 2 heterocycles. The second-order valence-electron chi connectivity index (χ2n) is 8.73. The minimum absolute atomic E-state index is 0. The predicted molar refractivity (Wildman–Crippen MR) is 145 cm³/mol. The molecule has 6 nitrogen and oxygen atoms in total. The van der Waals surface area contributed by atoms with E-state index in [2.05, 4.69) is 47.5 Å². The summed E-state index contributed by atoms with van der Waals surface area (Å²) in [5, 5.41) is 5.87. The molecule has 2 aliphatic rings.